The lowest BCUT2D eigenvalue weighted by atomic mass is 9.97. The van der Waals surface area contributed by atoms with Crippen LogP contribution in [0.4, 0.5) is 8.78 Å². The molecule has 154 valence electrons. The second-order valence-electron chi connectivity index (χ2n) is 6.16. The molecule has 3 nitrogen and oxygen atoms in total. The molecule has 0 aliphatic heterocycles. The zero-order valence-corrected chi connectivity index (χ0v) is 18.1. The third-order valence-electron chi connectivity index (χ3n) is 4.12. The maximum atomic E-state index is 14.4. The van der Waals surface area contributed by atoms with Crippen molar-refractivity contribution in [2.45, 2.75) is 4.90 Å². The van der Waals surface area contributed by atoms with Crippen LogP contribution in [0.2, 0.25) is 0 Å². The lowest BCUT2D eigenvalue weighted by molar-refractivity contribution is -0.139. The molecule has 0 aromatic heterocycles. The van der Waals surface area contributed by atoms with Crippen molar-refractivity contribution in [1.82, 2.24) is 0 Å². The topological polar surface area (TPSA) is 46.5 Å². The summed E-state index contributed by atoms with van der Waals surface area (Å²) in [4.78, 5) is 11.5. The maximum absolute atomic E-state index is 14.4. The molecule has 0 radical (unpaired) electrons. The van der Waals surface area contributed by atoms with Gasteiger partial charge >= 0.3 is 5.97 Å². The minimum Gasteiger partial charge on any atom is -0.482 e. The summed E-state index contributed by atoms with van der Waals surface area (Å²) in [5.41, 5.74) is 1.15. The van der Waals surface area contributed by atoms with Crippen molar-refractivity contribution in [3.63, 3.8) is 0 Å². The molecule has 30 heavy (non-hydrogen) atoms. The van der Waals surface area contributed by atoms with Gasteiger partial charge in [0.15, 0.2) is 6.61 Å². The standard InChI is InChI=1S/C23H17BrF2O3S/c24-19-13-15(29-14-23(27)28)9-10-22(19)30-12-11-16(17-5-1-3-7-20(17)25)18-6-2-4-8-21(18)26/h1-11,13H,12,14H2,(H,27,28). The molecule has 1 N–H and O–H groups in total. The van der Waals surface area contributed by atoms with Crippen molar-refractivity contribution in [3.05, 3.63) is 100 Å². The van der Waals surface area contributed by atoms with Crippen LogP contribution in [0, 0.1) is 11.6 Å². The molecule has 0 fully saturated rings. The Kier molecular flexibility index (Phi) is 7.65. The van der Waals surface area contributed by atoms with Gasteiger partial charge in [-0.1, -0.05) is 42.5 Å². The van der Waals surface area contributed by atoms with E-state index in [0.717, 1.165) is 9.37 Å². The van der Waals surface area contributed by atoms with Crippen LogP contribution in [0.3, 0.4) is 0 Å². The molecule has 0 unspecified atom stereocenters. The molecule has 3 aromatic carbocycles. The Morgan fingerprint density at radius 2 is 1.60 bits per heavy atom. The fourth-order valence-electron chi connectivity index (χ4n) is 2.77. The van der Waals surface area contributed by atoms with Crippen molar-refractivity contribution in [3.8, 4) is 5.75 Å². The van der Waals surface area contributed by atoms with Crippen LogP contribution >= 0.6 is 27.7 Å². The predicted octanol–water partition coefficient (Wildman–Crippen LogP) is 6.41. The van der Waals surface area contributed by atoms with Crippen LogP contribution in [0.5, 0.6) is 5.75 Å². The number of carboxylic acids is 1. The molecule has 7 heteroatoms. The number of halogens is 3. The third kappa shape index (κ3) is 5.70. The highest BCUT2D eigenvalue weighted by Crippen LogP contribution is 2.33. The van der Waals surface area contributed by atoms with E-state index < -0.39 is 24.2 Å². The quantitative estimate of drug-likeness (QED) is 0.370. The summed E-state index contributed by atoms with van der Waals surface area (Å²) >= 11 is 4.91. The summed E-state index contributed by atoms with van der Waals surface area (Å²) < 4.78 is 34.7. The van der Waals surface area contributed by atoms with E-state index in [1.54, 1.807) is 60.7 Å². The summed E-state index contributed by atoms with van der Waals surface area (Å²) in [5.74, 6) is -0.992. The average molecular weight is 491 g/mol. The van der Waals surface area contributed by atoms with Gasteiger partial charge in [0.2, 0.25) is 0 Å². The summed E-state index contributed by atoms with van der Waals surface area (Å²) in [6.45, 7) is -0.420. The molecular weight excluding hydrogens is 474 g/mol. The van der Waals surface area contributed by atoms with Gasteiger partial charge < -0.3 is 9.84 Å². The van der Waals surface area contributed by atoms with Crippen molar-refractivity contribution < 1.29 is 23.4 Å². The Labute approximate surface area is 185 Å². The van der Waals surface area contributed by atoms with Crippen LogP contribution in [0.15, 0.2) is 82.2 Å². The molecule has 0 amide bonds. The van der Waals surface area contributed by atoms with Crippen LogP contribution in [0.1, 0.15) is 11.1 Å². The molecule has 0 bridgehead atoms. The number of hydrogen-bond acceptors (Lipinski definition) is 3. The fraction of sp³-hybridized carbons (Fsp3) is 0.0870. The minimum absolute atomic E-state index is 0.333. The number of hydrogen-bond donors (Lipinski definition) is 1. The van der Waals surface area contributed by atoms with E-state index in [1.807, 2.05) is 0 Å². The molecule has 0 spiro atoms. The SMILES string of the molecule is O=C(O)COc1ccc(SCC=C(c2ccccc2F)c2ccccc2F)c(Br)c1. The van der Waals surface area contributed by atoms with Gasteiger partial charge in [-0.05, 0) is 51.8 Å². The van der Waals surface area contributed by atoms with Gasteiger partial charge in [-0.25, -0.2) is 13.6 Å². The second kappa shape index (κ2) is 10.4. The fourth-order valence-corrected chi connectivity index (χ4v) is 4.26. The van der Waals surface area contributed by atoms with E-state index in [2.05, 4.69) is 15.9 Å². The van der Waals surface area contributed by atoms with Crippen molar-refractivity contribution in [2.75, 3.05) is 12.4 Å². The van der Waals surface area contributed by atoms with E-state index in [1.165, 1.54) is 23.9 Å². The number of benzene rings is 3. The van der Waals surface area contributed by atoms with E-state index in [9.17, 15) is 13.6 Å². The normalized spacial score (nSPS) is 10.5. The Balaban J connectivity index is 1.83. The van der Waals surface area contributed by atoms with Crippen molar-refractivity contribution >= 4 is 39.2 Å². The zero-order valence-electron chi connectivity index (χ0n) is 15.6. The third-order valence-corrected chi connectivity index (χ3v) is 6.04. The number of carbonyl (C=O) groups is 1. The summed E-state index contributed by atoms with van der Waals surface area (Å²) in [6, 6.07) is 17.7. The number of thioether (sulfide) groups is 1. The number of rotatable bonds is 8. The maximum Gasteiger partial charge on any atom is 0.341 e. The van der Waals surface area contributed by atoms with E-state index in [-0.39, 0.29) is 0 Å². The lowest BCUT2D eigenvalue weighted by Crippen LogP contribution is -2.09. The van der Waals surface area contributed by atoms with Gasteiger partial charge in [-0.2, -0.15) is 0 Å². The first-order valence-electron chi connectivity index (χ1n) is 8.92. The summed E-state index contributed by atoms with van der Waals surface area (Å²) in [5, 5.41) is 8.69. The molecule has 0 aliphatic carbocycles. The second-order valence-corrected chi connectivity index (χ2v) is 8.08. The first-order chi connectivity index (χ1) is 14.5. The Bertz CT molecular complexity index is 1040. The van der Waals surface area contributed by atoms with Gasteiger partial charge in [0, 0.05) is 26.2 Å². The first-order valence-corrected chi connectivity index (χ1v) is 10.7. The smallest absolute Gasteiger partial charge is 0.341 e. The van der Waals surface area contributed by atoms with Crippen LogP contribution in [0.25, 0.3) is 5.57 Å². The van der Waals surface area contributed by atoms with Gasteiger partial charge in [-0.3, -0.25) is 0 Å². The lowest BCUT2D eigenvalue weighted by Gasteiger charge is -2.11. The number of carboxylic acid groups (broad SMARTS) is 1. The van der Waals surface area contributed by atoms with Gasteiger partial charge in [0.05, 0.1) is 0 Å². The zero-order chi connectivity index (χ0) is 21.5. The molecule has 0 atom stereocenters. The molecule has 0 saturated carbocycles. The Morgan fingerprint density at radius 3 is 2.13 bits per heavy atom. The molecule has 3 rings (SSSR count). The van der Waals surface area contributed by atoms with Gasteiger partial charge in [0.25, 0.3) is 0 Å². The first kappa shape index (κ1) is 22.1. The highest BCUT2D eigenvalue weighted by Gasteiger charge is 2.13. The summed E-state index contributed by atoms with van der Waals surface area (Å²) in [6.07, 6.45) is 1.79. The number of aliphatic carboxylic acids is 1. The van der Waals surface area contributed by atoms with Crippen LogP contribution < -0.4 is 4.74 Å². The molecule has 0 heterocycles. The monoisotopic (exact) mass is 490 g/mol. The predicted molar refractivity (Wildman–Crippen MR) is 118 cm³/mol. The highest BCUT2D eigenvalue weighted by molar-refractivity contribution is 9.10. The molecule has 0 saturated heterocycles. The van der Waals surface area contributed by atoms with Crippen molar-refractivity contribution in [1.29, 1.82) is 0 Å². The van der Waals surface area contributed by atoms with Crippen LogP contribution in [-0.4, -0.2) is 23.4 Å². The van der Waals surface area contributed by atoms with Crippen LogP contribution in [-0.2, 0) is 4.79 Å². The average Bonchev–Trinajstić information content (AvgIpc) is 2.72. The molecular formula is C23H17BrF2O3S. The largest absolute Gasteiger partial charge is 0.482 e. The van der Waals surface area contributed by atoms with E-state index in [0.29, 0.717) is 28.2 Å². The van der Waals surface area contributed by atoms with E-state index >= 15 is 0 Å². The molecule has 0 aliphatic rings. The highest BCUT2D eigenvalue weighted by atomic mass is 79.9. The van der Waals surface area contributed by atoms with Gasteiger partial charge in [0.1, 0.15) is 17.4 Å². The molecule has 3 aromatic rings. The van der Waals surface area contributed by atoms with E-state index in [4.69, 9.17) is 9.84 Å². The Morgan fingerprint density at radius 1 is 1.00 bits per heavy atom. The number of ether oxygens (including phenoxy) is 1. The minimum atomic E-state index is -1.05. The van der Waals surface area contributed by atoms with Gasteiger partial charge in [-0.15, -0.1) is 11.8 Å². The Hall–Kier alpha value is -2.64. The summed E-state index contributed by atoms with van der Waals surface area (Å²) in [7, 11) is 0. The van der Waals surface area contributed by atoms with Crippen molar-refractivity contribution in [2.24, 2.45) is 0 Å².